The van der Waals surface area contributed by atoms with E-state index >= 15 is 0 Å². The van der Waals surface area contributed by atoms with Gasteiger partial charge in [0.05, 0.1) is 19.4 Å². The Morgan fingerprint density at radius 2 is 1.76 bits per heavy atom. The molecule has 0 atom stereocenters. The van der Waals surface area contributed by atoms with Gasteiger partial charge in [0, 0.05) is 5.69 Å². The molecule has 0 bridgehead atoms. The molecule has 0 fully saturated rings. The Bertz CT molecular complexity index is 563. The average Bonchev–Trinajstić information content (AvgIpc) is 2.32. The van der Waals surface area contributed by atoms with Gasteiger partial charge in [-0.1, -0.05) is 18.2 Å². The molecular weight excluding hydrogens is 294 g/mol. The minimum Gasteiger partial charge on any atom is -0.443 e. The molecule has 21 heavy (non-hydrogen) atoms. The van der Waals surface area contributed by atoms with Crippen molar-refractivity contribution in [1.82, 2.24) is 0 Å². The van der Waals surface area contributed by atoms with E-state index in [0.29, 0.717) is 5.69 Å². The Morgan fingerprint density at radius 1 is 1.19 bits per heavy atom. The van der Waals surface area contributed by atoms with Crippen molar-refractivity contribution >= 4 is 21.9 Å². The molecule has 0 spiro atoms. The van der Waals surface area contributed by atoms with Gasteiger partial charge in [0.2, 0.25) is 0 Å². The normalized spacial score (nSPS) is 12.0. The number of para-hydroxylation sites is 1. The van der Waals surface area contributed by atoms with Crippen molar-refractivity contribution in [3.05, 3.63) is 30.3 Å². The molecule has 1 rings (SSSR count). The molecule has 118 valence electrons. The van der Waals surface area contributed by atoms with Crippen molar-refractivity contribution in [2.45, 2.75) is 26.4 Å². The molecule has 0 unspecified atom stereocenters. The van der Waals surface area contributed by atoms with Gasteiger partial charge in [0.25, 0.3) is 10.1 Å². The fraction of sp³-hybridized carbons (Fsp3) is 0.500. The Balaban J connectivity index is 2.83. The van der Waals surface area contributed by atoms with Gasteiger partial charge in [-0.15, -0.1) is 0 Å². The Kier molecular flexibility index (Phi) is 5.74. The first kappa shape index (κ1) is 17.5. The van der Waals surface area contributed by atoms with Crippen LogP contribution in [0.3, 0.4) is 0 Å². The lowest BCUT2D eigenvalue weighted by Gasteiger charge is -2.27. The van der Waals surface area contributed by atoms with E-state index in [9.17, 15) is 13.2 Å². The number of nitrogens with zero attached hydrogens (tertiary/aromatic N) is 1. The smallest absolute Gasteiger partial charge is 0.414 e. The topological polar surface area (TPSA) is 72.9 Å². The van der Waals surface area contributed by atoms with E-state index in [1.165, 1.54) is 4.90 Å². The van der Waals surface area contributed by atoms with E-state index in [4.69, 9.17) is 4.74 Å². The lowest BCUT2D eigenvalue weighted by molar-refractivity contribution is 0.0575. The van der Waals surface area contributed by atoms with Crippen LogP contribution in [-0.2, 0) is 19.0 Å². The summed E-state index contributed by atoms with van der Waals surface area (Å²) in [5, 5.41) is 0. The minimum atomic E-state index is -3.54. The van der Waals surface area contributed by atoms with Crippen LogP contribution < -0.4 is 4.90 Å². The highest BCUT2D eigenvalue weighted by Gasteiger charge is 2.23. The van der Waals surface area contributed by atoms with Crippen molar-refractivity contribution in [1.29, 1.82) is 0 Å². The van der Waals surface area contributed by atoms with Crippen LogP contribution in [0.25, 0.3) is 0 Å². The maximum Gasteiger partial charge on any atom is 0.414 e. The average molecular weight is 315 g/mol. The lowest BCUT2D eigenvalue weighted by atomic mass is 10.2. The number of amides is 1. The number of carbonyl (C=O) groups excluding carboxylic acids is 1. The molecule has 1 aromatic rings. The summed E-state index contributed by atoms with van der Waals surface area (Å²) in [5.74, 6) is 0. The molecule has 0 aliphatic heterocycles. The van der Waals surface area contributed by atoms with Crippen LogP contribution in [0.5, 0.6) is 0 Å². The Hall–Kier alpha value is -1.60. The summed E-state index contributed by atoms with van der Waals surface area (Å²) in [6.07, 6.45) is 0.415. The maximum absolute atomic E-state index is 12.2. The summed E-state index contributed by atoms with van der Waals surface area (Å²) < 4.78 is 32.0. The van der Waals surface area contributed by atoms with E-state index in [0.717, 1.165) is 6.26 Å². The first-order chi connectivity index (χ1) is 9.58. The summed E-state index contributed by atoms with van der Waals surface area (Å²) in [6.45, 7) is 5.24. The molecule has 6 nitrogen and oxygen atoms in total. The zero-order chi connectivity index (χ0) is 16.1. The third kappa shape index (κ3) is 7.10. The number of hydrogen-bond donors (Lipinski definition) is 0. The third-order valence-electron chi connectivity index (χ3n) is 2.29. The summed E-state index contributed by atoms with van der Waals surface area (Å²) in [6, 6.07) is 8.87. The molecule has 7 heteroatoms. The molecular formula is C14H21NO5S. The molecule has 0 N–H and O–H groups in total. The molecule has 0 aliphatic carbocycles. The van der Waals surface area contributed by atoms with Crippen LogP contribution in [0, 0.1) is 0 Å². The molecule has 0 saturated carbocycles. The number of carbonyl (C=O) groups is 1. The molecule has 1 aromatic carbocycles. The van der Waals surface area contributed by atoms with E-state index in [1.807, 2.05) is 6.07 Å². The molecule has 0 radical (unpaired) electrons. The van der Waals surface area contributed by atoms with E-state index in [2.05, 4.69) is 4.18 Å². The number of benzene rings is 1. The van der Waals surface area contributed by atoms with Crippen molar-refractivity contribution in [2.75, 3.05) is 24.3 Å². The predicted octanol–water partition coefficient (Wildman–Crippen LogP) is 2.40. The largest absolute Gasteiger partial charge is 0.443 e. The van der Waals surface area contributed by atoms with Gasteiger partial charge in [0.15, 0.2) is 0 Å². The van der Waals surface area contributed by atoms with E-state index in [1.54, 1.807) is 45.0 Å². The van der Waals surface area contributed by atoms with E-state index < -0.39 is 21.8 Å². The summed E-state index contributed by atoms with van der Waals surface area (Å²) in [7, 11) is -3.54. The monoisotopic (exact) mass is 315 g/mol. The Labute approximate surface area is 125 Å². The molecule has 0 aromatic heterocycles. The predicted molar refractivity (Wildman–Crippen MR) is 80.8 cm³/mol. The van der Waals surface area contributed by atoms with Crippen molar-refractivity contribution in [2.24, 2.45) is 0 Å². The summed E-state index contributed by atoms with van der Waals surface area (Å²) in [5.41, 5.74) is -0.0224. The van der Waals surface area contributed by atoms with Crippen LogP contribution in [0.4, 0.5) is 10.5 Å². The first-order valence-corrected chi connectivity index (χ1v) is 8.30. The highest BCUT2D eigenvalue weighted by atomic mass is 32.2. The number of rotatable bonds is 5. The van der Waals surface area contributed by atoms with Crippen LogP contribution in [0.15, 0.2) is 30.3 Å². The zero-order valence-corrected chi connectivity index (χ0v) is 13.5. The molecule has 0 heterocycles. The van der Waals surface area contributed by atoms with Crippen molar-refractivity contribution < 1.29 is 22.1 Å². The number of anilines is 1. The maximum atomic E-state index is 12.2. The lowest BCUT2D eigenvalue weighted by Crippen LogP contribution is -2.39. The van der Waals surface area contributed by atoms with Gasteiger partial charge in [0.1, 0.15) is 5.60 Å². The first-order valence-electron chi connectivity index (χ1n) is 6.48. The molecule has 1 amide bonds. The van der Waals surface area contributed by atoms with Gasteiger partial charge in [-0.2, -0.15) is 8.42 Å². The van der Waals surface area contributed by atoms with Gasteiger partial charge >= 0.3 is 6.09 Å². The highest BCUT2D eigenvalue weighted by Crippen LogP contribution is 2.17. The molecule has 0 saturated heterocycles. The number of hydrogen-bond acceptors (Lipinski definition) is 5. The number of ether oxygens (including phenoxy) is 1. The van der Waals surface area contributed by atoms with Crippen LogP contribution >= 0.6 is 0 Å². The quantitative estimate of drug-likeness (QED) is 0.780. The van der Waals surface area contributed by atoms with Crippen molar-refractivity contribution in [3.63, 3.8) is 0 Å². The fourth-order valence-corrected chi connectivity index (χ4v) is 1.91. The van der Waals surface area contributed by atoms with Crippen LogP contribution in [0.2, 0.25) is 0 Å². The second-order valence-electron chi connectivity index (χ2n) is 5.49. The standard InChI is InChI=1S/C14H21NO5S/c1-14(2,3)20-13(16)15(10-11-19-21(4,17)18)12-8-6-5-7-9-12/h5-9H,10-11H2,1-4H3. The zero-order valence-electron chi connectivity index (χ0n) is 12.7. The van der Waals surface area contributed by atoms with Gasteiger partial charge in [-0.3, -0.25) is 9.08 Å². The van der Waals surface area contributed by atoms with Crippen LogP contribution in [-0.4, -0.2) is 39.5 Å². The minimum absolute atomic E-state index is 0.0754. The van der Waals surface area contributed by atoms with E-state index in [-0.39, 0.29) is 13.2 Å². The van der Waals surface area contributed by atoms with Crippen molar-refractivity contribution in [3.8, 4) is 0 Å². The van der Waals surface area contributed by atoms with Gasteiger partial charge in [-0.25, -0.2) is 4.79 Å². The molecule has 0 aliphatic rings. The highest BCUT2D eigenvalue weighted by molar-refractivity contribution is 7.85. The van der Waals surface area contributed by atoms with Crippen LogP contribution in [0.1, 0.15) is 20.8 Å². The summed E-state index contributed by atoms with van der Waals surface area (Å²) >= 11 is 0. The van der Waals surface area contributed by atoms with Gasteiger partial charge < -0.3 is 4.74 Å². The Morgan fingerprint density at radius 3 is 2.24 bits per heavy atom. The third-order valence-corrected chi connectivity index (χ3v) is 2.89. The SMILES string of the molecule is CC(C)(C)OC(=O)N(CCOS(C)(=O)=O)c1ccccc1. The van der Waals surface area contributed by atoms with Gasteiger partial charge in [-0.05, 0) is 32.9 Å². The second-order valence-corrected chi connectivity index (χ2v) is 7.14. The fourth-order valence-electron chi connectivity index (χ4n) is 1.53. The summed E-state index contributed by atoms with van der Waals surface area (Å²) in [4.78, 5) is 13.6. The second kappa shape index (κ2) is 6.91.